The van der Waals surface area contributed by atoms with E-state index in [2.05, 4.69) is 6.07 Å². The summed E-state index contributed by atoms with van der Waals surface area (Å²) in [4.78, 5) is 14.0. The number of amides is 1. The van der Waals surface area contributed by atoms with Crippen LogP contribution in [0.3, 0.4) is 0 Å². The maximum atomic E-state index is 12.5. The minimum Gasteiger partial charge on any atom is -0.464 e. The van der Waals surface area contributed by atoms with Crippen LogP contribution in [0.4, 0.5) is 0 Å². The van der Waals surface area contributed by atoms with E-state index in [1.165, 1.54) is 0 Å². The second kappa shape index (κ2) is 5.45. The number of hydrogen-bond acceptors (Lipinski definition) is 4. The van der Waals surface area contributed by atoms with Crippen LogP contribution in [0.5, 0.6) is 0 Å². The van der Waals surface area contributed by atoms with Gasteiger partial charge in [-0.2, -0.15) is 5.26 Å². The first-order valence-electron chi connectivity index (χ1n) is 6.37. The third-order valence-corrected chi connectivity index (χ3v) is 3.51. The van der Waals surface area contributed by atoms with Gasteiger partial charge in [-0.25, -0.2) is 0 Å². The molecule has 1 saturated heterocycles. The number of furan rings is 1. The van der Waals surface area contributed by atoms with Gasteiger partial charge in [0.1, 0.15) is 16.9 Å². The number of nitrogens with zero attached hydrogens (tertiary/aromatic N) is 2. The van der Waals surface area contributed by atoms with Crippen molar-refractivity contribution in [2.24, 2.45) is 5.41 Å². The molecule has 1 aliphatic heterocycles. The molecule has 1 aromatic heterocycles. The normalized spacial score (nSPS) is 17.7. The lowest BCUT2D eigenvalue weighted by molar-refractivity contribution is -0.142. The first-order valence-corrected chi connectivity index (χ1v) is 6.37. The third kappa shape index (κ3) is 2.79. The van der Waals surface area contributed by atoms with E-state index in [1.807, 2.05) is 19.1 Å². The molecule has 0 N–H and O–H groups in total. The van der Waals surface area contributed by atoms with Gasteiger partial charge in [0.25, 0.3) is 0 Å². The van der Waals surface area contributed by atoms with Crippen molar-refractivity contribution in [3.63, 3.8) is 0 Å². The molecule has 1 amide bonds. The molecule has 19 heavy (non-hydrogen) atoms. The molecule has 0 radical (unpaired) electrons. The third-order valence-electron chi connectivity index (χ3n) is 3.51. The standard InChI is InChI=1S/C14H18N2O3/c1-11-3-4-12(19-11)9-16(2)13(17)14(10-15)5-7-18-8-6-14/h3-4H,5-9H2,1-2H3. The molecular formula is C14H18N2O3. The summed E-state index contributed by atoms with van der Waals surface area (Å²) in [6.45, 7) is 3.18. The first-order chi connectivity index (χ1) is 9.07. The van der Waals surface area contributed by atoms with Gasteiger partial charge in [0, 0.05) is 20.3 Å². The molecule has 2 heterocycles. The van der Waals surface area contributed by atoms with Crippen LogP contribution < -0.4 is 0 Å². The molecule has 1 aromatic rings. The first kappa shape index (κ1) is 13.6. The number of carbonyl (C=O) groups is 1. The quantitative estimate of drug-likeness (QED) is 0.834. The molecule has 0 saturated carbocycles. The van der Waals surface area contributed by atoms with Gasteiger partial charge in [-0.3, -0.25) is 4.79 Å². The zero-order valence-corrected chi connectivity index (χ0v) is 11.3. The van der Waals surface area contributed by atoms with Crippen LogP contribution in [0, 0.1) is 23.7 Å². The Bertz CT molecular complexity index is 495. The Hall–Kier alpha value is -1.80. The fraction of sp³-hybridized carbons (Fsp3) is 0.571. The molecule has 0 unspecified atom stereocenters. The highest BCUT2D eigenvalue weighted by atomic mass is 16.5. The van der Waals surface area contributed by atoms with E-state index in [0.29, 0.717) is 32.6 Å². The van der Waals surface area contributed by atoms with Gasteiger partial charge in [-0.15, -0.1) is 0 Å². The molecule has 0 aliphatic carbocycles. The summed E-state index contributed by atoms with van der Waals surface area (Å²) in [6.07, 6.45) is 0.924. The van der Waals surface area contributed by atoms with Gasteiger partial charge in [-0.05, 0) is 31.9 Å². The van der Waals surface area contributed by atoms with Crippen molar-refractivity contribution in [3.8, 4) is 6.07 Å². The molecule has 102 valence electrons. The van der Waals surface area contributed by atoms with Crippen molar-refractivity contribution >= 4 is 5.91 Å². The monoisotopic (exact) mass is 262 g/mol. The van der Waals surface area contributed by atoms with Crippen molar-refractivity contribution in [1.29, 1.82) is 5.26 Å². The summed E-state index contributed by atoms with van der Waals surface area (Å²) in [6, 6.07) is 5.90. The number of nitriles is 1. The van der Waals surface area contributed by atoms with E-state index in [1.54, 1.807) is 11.9 Å². The van der Waals surface area contributed by atoms with E-state index in [-0.39, 0.29) is 5.91 Å². The van der Waals surface area contributed by atoms with E-state index in [9.17, 15) is 10.1 Å². The molecule has 2 rings (SSSR count). The number of hydrogen-bond donors (Lipinski definition) is 0. The lowest BCUT2D eigenvalue weighted by Gasteiger charge is -2.32. The number of carbonyl (C=O) groups excluding carboxylic acids is 1. The molecule has 1 aliphatic rings. The van der Waals surface area contributed by atoms with Crippen LogP contribution in [0.15, 0.2) is 16.5 Å². The van der Waals surface area contributed by atoms with Crippen molar-refractivity contribution in [3.05, 3.63) is 23.7 Å². The van der Waals surface area contributed by atoms with Crippen LogP contribution >= 0.6 is 0 Å². The van der Waals surface area contributed by atoms with Crippen molar-refractivity contribution in [1.82, 2.24) is 4.90 Å². The van der Waals surface area contributed by atoms with Crippen molar-refractivity contribution < 1.29 is 13.9 Å². The summed E-state index contributed by atoms with van der Waals surface area (Å²) in [5.41, 5.74) is -0.936. The van der Waals surface area contributed by atoms with E-state index >= 15 is 0 Å². The SMILES string of the molecule is Cc1ccc(CN(C)C(=O)C2(C#N)CCOCC2)o1. The summed E-state index contributed by atoms with van der Waals surface area (Å²) in [5, 5.41) is 9.35. The summed E-state index contributed by atoms with van der Waals surface area (Å²) in [5.74, 6) is 1.40. The maximum absolute atomic E-state index is 12.5. The van der Waals surface area contributed by atoms with Crippen LogP contribution in [0.1, 0.15) is 24.4 Å². The van der Waals surface area contributed by atoms with Crippen LogP contribution in [-0.4, -0.2) is 31.1 Å². The second-order valence-electron chi connectivity index (χ2n) is 4.98. The molecule has 0 spiro atoms. The molecule has 0 bridgehead atoms. The average molecular weight is 262 g/mol. The molecule has 1 fully saturated rings. The van der Waals surface area contributed by atoms with Crippen molar-refractivity contribution in [2.45, 2.75) is 26.3 Å². The lowest BCUT2D eigenvalue weighted by atomic mass is 9.80. The Balaban J connectivity index is 2.07. The minimum atomic E-state index is -0.936. The minimum absolute atomic E-state index is 0.146. The molecule has 0 aromatic carbocycles. The number of rotatable bonds is 3. The highest BCUT2D eigenvalue weighted by Gasteiger charge is 2.42. The predicted octanol–water partition coefficient (Wildman–Crippen LogP) is 1.87. The van der Waals surface area contributed by atoms with Crippen LogP contribution in [0.25, 0.3) is 0 Å². The van der Waals surface area contributed by atoms with E-state index in [4.69, 9.17) is 9.15 Å². The molecule has 5 heteroatoms. The topological polar surface area (TPSA) is 66.5 Å². The fourth-order valence-electron chi connectivity index (χ4n) is 2.33. The van der Waals surface area contributed by atoms with Gasteiger partial charge >= 0.3 is 0 Å². The summed E-state index contributed by atoms with van der Waals surface area (Å²) in [7, 11) is 1.70. The lowest BCUT2D eigenvalue weighted by Crippen LogP contribution is -2.44. The zero-order valence-electron chi connectivity index (χ0n) is 11.3. The van der Waals surface area contributed by atoms with Gasteiger partial charge < -0.3 is 14.1 Å². The van der Waals surface area contributed by atoms with E-state index in [0.717, 1.165) is 11.5 Å². The van der Waals surface area contributed by atoms with Gasteiger partial charge in [0.2, 0.25) is 5.91 Å². The van der Waals surface area contributed by atoms with Gasteiger partial charge in [-0.1, -0.05) is 0 Å². The summed E-state index contributed by atoms with van der Waals surface area (Å²) >= 11 is 0. The zero-order chi connectivity index (χ0) is 13.9. The smallest absolute Gasteiger partial charge is 0.243 e. The Morgan fingerprint density at radius 2 is 2.16 bits per heavy atom. The Morgan fingerprint density at radius 1 is 1.47 bits per heavy atom. The van der Waals surface area contributed by atoms with Gasteiger partial charge in [0.15, 0.2) is 0 Å². The number of ether oxygens (including phenoxy) is 1. The fourth-order valence-corrected chi connectivity index (χ4v) is 2.33. The number of aryl methyl sites for hydroxylation is 1. The van der Waals surface area contributed by atoms with Crippen molar-refractivity contribution in [2.75, 3.05) is 20.3 Å². The second-order valence-corrected chi connectivity index (χ2v) is 4.98. The Kier molecular flexibility index (Phi) is 3.91. The van der Waals surface area contributed by atoms with E-state index < -0.39 is 5.41 Å². The Labute approximate surface area is 112 Å². The molecular weight excluding hydrogens is 244 g/mol. The molecule has 0 atom stereocenters. The maximum Gasteiger partial charge on any atom is 0.243 e. The summed E-state index contributed by atoms with van der Waals surface area (Å²) < 4.78 is 10.7. The van der Waals surface area contributed by atoms with Gasteiger partial charge in [0.05, 0.1) is 12.6 Å². The largest absolute Gasteiger partial charge is 0.464 e. The highest BCUT2D eigenvalue weighted by molar-refractivity contribution is 5.85. The average Bonchev–Trinajstić information content (AvgIpc) is 2.84. The highest BCUT2D eigenvalue weighted by Crippen LogP contribution is 2.32. The van der Waals surface area contributed by atoms with Crippen LogP contribution in [0.2, 0.25) is 0 Å². The molecule has 5 nitrogen and oxygen atoms in total. The predicted molar refractivity (Wildman–Crippen MR) is 68.0 cm³/mol. The van der Waals surface area contributed by atoms with Crippen LogP contribution in [-0.2, 0) is 16.1 Å². The Morgan fingerprint density at radius 3 is 2.68 bits per heavy atom.